The molecule has 0 N–H and O–H groups in total. The summed E-state index contributed by atoms with van der Waals surface area (Å²) in [5.74, 6) is 1.51. The first-order valence-electron chi connectivity index (χ1n) is 7.46. The highest BCUT2D eigenvalue weighted by Crippen LogP contribution is 2.40. The van der Waals surface area contributed by atoms with Gasteiger partial charge in [0.25, 0.3) is 0 Å². The van der Waals surface area contributed by atoms with Crippen molar-refractivity contribution in [1.82, 2.24) is 9.97 Å². The van der Waals surface area contributed by atoms with Crippen molar-refractivity contribution in [2.24, 2.45) is 5.92 Å². The number of methoxy groups -OCH3 is 1. The Morgan fingerprint density at radius 2 is 2.10 bits per heavy atom. The minimum atomic E-state index is 0.101. The van der Waals surface area contributed by atoms with E-state index in [2.05, 4.69) is 14.9 Å². The average molecular weight is 277 g/mol. The lowest BCUT2D eigenvalue weighted by Crippen LogP contribution is -2.44. The van der Waals surface area contributed by atoms with Crippen molar-refractivity contribution in [3.8, 4) is 0 Å². The average Bonchev–Trinajstić information content (AvgIpc) is 2.90. The number of piperidine rings is 1. The Morgan fingerprint density at radius 1 is 1.35 bits per heavy atom. The van der Waals surface area contributed by atoms with Crippen LogP contribution >= 0.6 is 0 Å². The lowest BCUT2D eigenvalue weighted by atomic mass is 9.84. The second kappa shape index (κ2) is 6.06. The van der Waals surface area contributed by atoms with E-state index in [1.54, 1.807) is 19.5 Å². The van der Waals surface area contributed by atoms with Crippen molar-refractivity contribution in [1.29, 1.82) is 0 Å². The fraction of sp³-hybridized carbons (Fsp3) is 0.733. The zero-order valence-electron chi connectivity index (χ0n) is 12.1. The molecule has 5 nitrogen and oxygen atoms in total. The maximum atomic E-state index is 6.15. The molecule has 0 aliphatic carbocycles. The van der Waals surface area contributed by atoms with E-state index in [0.717, 1.165) is 51.5 Å². The smallest absolute Gasteiger partial charge is 0.225 e. The van der Waals surface area contributed by atoms with E-state index in [4.69, 9.17) is 9.47 Å². The quantitative estimate of drug-likeness (QED) is 0.841. The molecular weight excluding hydrogens is 254 g/mol. The molecule has 0 bridgehead atoms. The highest BCUT2D eigenvalue weighted by molar-refractivity contribution is 5.29. The second-order valence-electron chi connectivity index (χ2n) is 5.88. The number of hydrogen-bond acceptors (Lipinski definition) is 5. The number of aromatic nitrogens is 2. The van der Waals surface area contributed by atoms with Gasteiger partial charge in [-0.2, -0.15) is 0 Å². The molecule has 0 amide bonds. The SMILES string of the molecule is COCCC1COC2(CCN(c3ncccn3)CC2)C1. The first kappa shape index (κ1) is 13.8. The summed E-state index contributed by atoms with van der Waals surface area (Å²) in [6.07, 6.45) is 8.06. The molecule has 3 rings (SSSR count). The predicted molar refractivity (Wildman–Crippen MR) is 76.8 cm³/mol. The van der Waals surface area contributed by atoms with E-state index in [1.165, 1.54) is 6.42 Å². The number of nitrogens with zero attached hydrogens (tertiary/aromatic N) is 3. The first-order valence-corrected chi connectivity index (χ1v) is 7.46. The van der Waals surface area contributed by atoms with Gasteiger partial charge in [-0.05, 0) is 37.7 Å². The van der Waals surface area contributed by atoms with Gasteiger partial charge in [0, 0.05) is 39.2 Å². The van der Waals surface area contributed by atoms with Gasteiger partial charge < -0.3 is 14.4 Å². The van der Waals surface area contributed by atoms with Crippen LogP contribution in [0.25, 0.3) is 0 Å². The third-order valence-corrected chi connectivity index (χ3v) is 4.53. The molecular formula is C15H23N3O2. The van der Waals surface area contributed by atoms with Crippen LogP contribution in [0.15, 0.2) is 18.5 Å². The fourth-order valence-corrected chi connectivity index (χ4v) is 3.33. The summed E-state index contributed by atoms with van der Waals surface area (Å²) in [6, 6.07) is 1.86. The van der Waals surface area contributed by atoms with Crippen LogP contribution < -0.4 is 4.90 Å². The molecule has 2 aliphatic rings. The normalized spacial score (nSPS) is 25.2. The molecule has 1 atom stereocenters. The number of ether oxygens (including phenoxy) is 2. The molecule has 3 heterocycles. The van der Waals surface area contributed by atoms with Gasteiger partial charge in [0.15, 0.2) is 0 Å². The lowest BCUT2D eigenvalue weighted by molar-refractivity contribution is -0.0156. The van der Waals surface area contributed by atoms with Gasteiger partial charge in [-0.1, -0.05) is 0 Å². The van der Waals surface area contributed by atoms with Crippen LogP contribution in [0.5, 0.6) is 0 Å². The monoisotopic (exact) mass is 277 g/mol. The molecule has 2 aliphatic heterocycles. The van der Waals surface area contributed by atoms with Gasteiger partial charge in [0.2, 0.25) is 5.95 Å². The topological polar surface area (TPSA) is 47.5 Å². The van der Waals surface area contributed by atoms with Crippen LogP contribution in [0.1, 0.15) is 25.7 Å². The molecule has 2 fully saturated rings. The van der Waals surface area contributed by atoms with E-state index in [-0.39, 0.29) is 5.60 Å². The molecule has 1 aromatic heterocycles. The molecule has 0 radical (unpaired) electrons. The van der Waals surface area contributed by atoms with E-state index in [9.17, 15) is 0 Å². The number of rotatable bonds is 4. The zero-order chi connectivity index (χ0) is 13.8. The molecule has 0 aromatic carbocycles. The summed E-state index contributed by atoms with van der Waals surface area (Å²) < 4.78 is 11.3. The molecule has 1 spiro atoms. The van der Waals surface area contributed by atoms with Crippen molar-refractivity contribution < 1.29 is 9.47 Å². The molecule has 110 valence electrons. The van der Waals surface area contributed by atoms with Crippen LogP contribution in [0.3, 0.4) is 0 Å². The van der Waals surface area contributed by atoms with Crippen molar-refractivity contribution >= 4 is 5.95 Å². The minimum Gasteiger partial charge on any atom is -0.385 e. The van der Waals surface area contributed by atoms with Crippen molar-refractivity contribution in [2.75, 3.05) is 38.3 Å². The first-order chi connectivity index (χ1) is 9.81. The van der Waals surface area contributed by atoms with Gasteiger partial charge >= 0.3 is 0 Å². The highest BCUT2D eigenvalue weighted by atomic mass is 16.5. The summed E-state index contributed by atoms with van der Waals surface area (Å²) in [5, 5.41) is 0. The Hall–Kier alpha value is -1.20. The molecule has 2 saturated heterocycles. The lowest BCUT2D eigenvalue weighted by Gasteiger charge is -2.38. The van der Waals surface area contributed by atoms with Gasteiger partial charge in [0.1, 0.15) is 0 Å². The number of anilines is 1. The minimum absolute atomic E-state index is 0.101. The molecule has 1 aromatic rings. The van der Waals surface area contributed by atoms with Crippen molar-refractivity contribution in [2.45, 2.75) is 31.3 Å². The van der Waals surface area contributed by atoms with E-state index in [1.807, 2.05) is 6.07 Å². The Kier molecular flexibility index (Phi) is 4.17. The van der Waals surface area contributed by atoms with Crippen LogP contribution in [0, 0.1) is 5.92 Å². The third-order valence-electron chi connectivity index (χ3n) is 4.53. The van der Waals surface area contributed by atoms with E-state index in [0.29, 0.717) is 5.92 Å². The van der Waals surface area contributed by atoms with Gasteiger partial charge in [-0.15, -0.1) is 0 Å². The fourth-order valence-electron chi connectivity index (χ4n) is 3.33. The van der Waals surface area contributed by atoms with Gasteiger partial charge in [0.05, 0.1) is 12.2 Å². The van der Waals surface area contributed by atoms with Crippen molar-refractivity contribution in [3.05, 3.63) is 18.5 Å². The van der Waals surface area contributed by atoms with E-state index >= 15 is 0 Å². The Balaban J connectivity index is 1.54. The molecule has 5 heteroatoms. The molecule has 1 unspecified atom stereocenters. The van der Waals surface area contributed by atoms with Gasteiger partial charge in [-0.3, -0.25) is 0 Å². The van der Waals surface area contributed by atoms with Crippen LogP contribution in [-0.4, -0.2) is 49.0 Å². The van der Waals surface area contributed by atoms with Crippen molar-refractivity contribution in [3.63, 3.8) is 0 Å². The maximum absolute atomic E-state index is 6.15. The number of hydrogen-bond donors (Lipinski definition) is 0. The predicted octanol–water partition coefficient (Wildman–Crippen LogP) is 1.89. The standard InChI is InChI=1S/C15H23N3O2/c1-19-10-3-13-11-15(20-12-13)4-8-18(9-5-15)14-16-6-2-7-17-14/h2,6-7,13H,3-5,8-12H2,1H3. The summed E-state index contributed by atoms with van der Waals surface area (Å²) in [7, 11) is 1.77. The van der Waals surface area contributed by atoms with Crippen LogP contribution in [-0.2, 0) is 9.47 Å². The van der Waals surface area contributed by atoms with Crippen LogP contribution in [0.2, 0.25) is 0 Å². The second-order valence-corrected chi connectivity index (χ2v) is 5.88. The third kappa shape index (κ3) is 2.94. The zero-order valence-corrected chi connectivity index (χ0v) is 12.1. The summed E-state index contributed by atoms with van der Waals surface area (Å²) in [5.41, 5.74) is 0.101. The summed E-state index contributed by atoms with van der Waals surface area (Å²) in [4.78, 5) is 10.9. The summed E-state index contributed by atoms with van der Waals surface area (Å²) in [6.45, 7) is 3.71. The summed E-state index contributed by atoms with van der Waals surface area (Å²) >= 11 is 0. The largest absolute Gasteiger partial charge is 0.385 e. The Morgan fingerprint density at radius 3 is 2.80 bits per heavy atom. The van der Waals surface area contributed by atoms with Gasteiger partial charge in [-0.25, -0.2) is 9.97 Å². The van der Waals surface area contributed by atoms with Crippen LogP contribution in [0.4, 0.5) is 5.95 Å². The van der Waals surface area contributed by atoms with E-state index < -0.39 is 0 Å². The Labute approximate surface area is 120 Å². The molecule has 20 heavy (non-hydrogen) atoms. The molecule has 0 saturated carbocycles. The highest BCUT2D eigenvalue weighted by Gasteiger charge is 2.42. The Bertz CT molecular complexity index is 418. The maximum Gasteiger partial charge on any atom is 0.225 e.